The highest BCUT2D eigenvalue weighted by Gasteiger charge is 2.43. The first-order valence-electron chi connectivity index (χ1n) is 6.56. The van der Waals surface area contributed by atoms with Gasteiger partial charge < -0.3 is 15.2 Å². The number of carbonyl (C=O) groups is 1. The highest BCUT2D eigenvalue weighted by molar-refractivity contribution is 6.17. The highest BCUT2D eigenvalue weighted by atomic mass is 16.3. The third-order valence-corrected chi connectivity index (χ3v) is 4.10. The number of carbonyl (C=O) groups excluding carboxylic acids is 1. The van der Waals surface area contributed by atoms with E-state index in [1.807, 2.05) is 26.0 Å². The average molecular weight is 271 g/mol. The van der Waals surface area contributed by atoms with Gasteiger partial charge in [-0.15, -0.1) is 0 Å². The van der Waals surface area contributed by atoms with E-state index in [4.69, 9.17) is 0 Å². The molecule has 0 saturated carbocycles. The molecule has 1 aliphatic carbocycles. The maximum absolute atomic E-state index is 12.7. The van der Waals surface area contributed by atoms with E-state index in [9.17, 15) is 15.0 Å². The van der Waals surface area contributed by atoms with Crippen LogP contribution >= 0.6 is 0 Å². The van der Waals surface area contributed by atoms with E-state index in [0.717, 1.165) is 22.0 Å². The van der Waals surface area contributed by atoms with Gasteiger partial charge in [0.2, 0.25) is 0 Å². The van der Waals surface area contributed by atoms with E-state index in [-0.39, 0.29) is 17.3 Å². The first-order chi connectivity index (χ1) is 9.25. The summed E-state index contributed by atoms with van der Waals surface area (Å²) in [5.41, 5.74) is 2.56. The highest BCUT2D eigenvalue weighted by Crippen LogP contribution is 2.43. The van der Waals surface area contributed by atoms with Gasteiger partial charge in [0.1, 0.15) is 5.76 Å². The van der Waals surface area contributed by atoms with Gasteiger partial charge in [-0.2, -0.15) is 0 Å². The van der Waals surface area contributed by atoms with Crippen LogP contribution in [0.5, 0.6) is 0 Å². The average Bonchev–Trinajstić information content (AvgIpc) is 2.74. The summed E-state index contributed by atoms with van der Waals surface area (Å²) in [6.07, 6.45) is 0. The molecule has 0 spiro atoms. The minimum atomic E-state index is -1.11. The predicted octanol–water partition coefficient (Wildman–Crippen LogP) is 3.79. The van der Waals surface area contributed by atoms with Crippen molar-refractivity contribution in [2.75, 3.05) is 0 Å². The Hall–Kier alpha value is -2.23. The third kappa shape index (κ3) is 1.39. The number of aromatic nitrogens is 1. The van der Waals surface area contributed by atoms with Crippen molar-refractivity contribution in [3.63, 3.8) is 0 Å². The predicted molar refractivity (Wildman–Crippen MR) is 78.1 cm³/mol. The van der Waals surface area contributed by atoms with E-state index in [1.165, 1.54) is 0 Å². The zero-order valence-corrected chi connectivity index (χ0v) is 12.0. The number of allylic oxidation sites excluding steroid dienone is 1. The fourth-order valence-corrected chi connectivity index (χ4v) is 2.90. The number of benzene rings is 1. The van der Waals surface area contributed by atoms with Crippen LogP contribution in [0.25, 0.3) is 16.7 Å². The monoisotopic (exact) mass is 271 g/mol. The molecule has 0 atom stereocenters. The van der Waals surface area contributed by atoms with Crippen molar-refractivity contribution >= 4 is 22.4 Å². The first kappa shape index (κ1) is 12.8. The zero-order chi connectivity index (χ0) is 14.8. The Labute approximate surface area is 116 Å². The molecule has 1 aromatic carbocycles. The minimum Gasteiger partial charge on any atom is -0.507 e. The van der Waals surface area contributed by atoms with Crippen LogP contribution in [-0.2, 0) is 0 Å². The van der Waals surface area contributed by atoms with E-state index < -0.39 is 5.41 Å². The van der Waals surface area contributed by atoms with Crippen molar-refractivity contribution in [2.45, 2.75) is 27.7 Å². The van der Waals surface area contributed by atoms with Crippen molar-refractivity contribution in [1.29, 1.82) is 0 Å². The van der Waals surface area contributed by atoms with Crippen molar-refractivity contribution < 1.29 is 15.0 Å². The molecule has 3 rings (SSSR count). The number of aliphatic hydroxyl groups excluding tert-OH is 2. The lowest BCUT2D eigenvalue weighted by Gasteiger charge is -2.27. The number of H-pyrrole nitrogens is 1. The number of hydrogen-bond acceptors (Lipinski definition) is 3. The van der Waals surface area contributed by atoms with E-state index in [0.29, 0.717) is 11.3 Å². The standard InChI is InChI=1S/C16H17NO3/c1-7-5-8(2)11-9(6-7)10-12(17-11)13(18)15(20)16(3,4)14(10)19/h5-6,17-18,20H,1-4H3. The molecule has 0 saturated heterocycles. The van der Waals surface area contributed by atoms with Gasteiger partial charge in [-0.25, -0.2) is 0 Å². The van der Waals surface area contributed by atoms with Crippen LogP contribution in [0, 0.1) is 19.3 Å². The lowest BCUT2D eigenvalue weighted by atomic mass is 9.77. The van der Waals surface area contributed by atoms with Gasteiger partial charge in [0.15, 0.2) is 11.5 Å². The summed E-state index contributed by atoms with van der Waals surface area (Å²) in [6.45, 7) is 7.15. The Bertz CT molecular complexity index is 794. The van der Waals surface area contributed by atoms with Crippen LogP contribution in [-0.4, -0.2) is 21.0 Å². The van der Waals surface area contributed by atoms with Crippen LogP contribution < -0.4 is 0 Å². The molecular formula is C16H17NO3. The molecule has 3 N–H and O–H groups in total. The molecule has 2 aromatic rings. The smallest absolute Gasteiger partial charge is 0.179 e. The van der Waals surface area contributed by atoms with Crippen molar-refractivity contribution in [2.24, 2.45) is 5.41 Å². The molecule has 0 bridgehead atoms. The van der Waals surface area contributed by atoms with E-state index in [1.54, 1.807) is 13.8 Å². The van der Waals surface area contributed by atoms with Gasteiger partial charge in [0, 0.05) is 10.9 Å². The number of Topliss-reactive ketones (excluding diaryl/α,β-unsaturated/α-hetero) is 1. The van der Waals surface area contributed by atoms with Crippen LogP contribution in [0.15, 0.2) is 17.9 Å². The fourth-order valence-electron chi connectivity index (χ4n) is 2.90. The number of aryl methyl sites for hydroxylation is 2. The molecular weight excluding hydrogens is 254 g/mol. The molecule has 0 aliphatic heterocycles. The molecule has 20 heavy (non-hydrogen) atoms. The Morgan fingerprint density at radius 3 is 2.45 bits per heavy atom. The largest absolute Gasteiger partial charge is 0.507 e. The molecule has 1 heterocycles. The molecule has 4 nitrogen and oxygen atoms in total. The summed E-state index contributed by atoms with van der Waals surface area (Å²) in [4.78, 5) is 15.7. The quantitative estimate of drug-likeness (QED) is 0.682. The SMILES string of the molecule is Cc1cc(C)c2[nH]c3c(c2c1)C(=O)C(C)(C)C(O)=C3O. The molecule has 0 unspecified atom stereocenters. The summed E-state index contributed by atoms with van der Waals surface area (Å²) in [7, 11) is 0. The van der Waals surface area contributed by atoms with Gasteiger partial charge in [-0.1, -0.05) is 11.6 Å². The Balaban J connectivity index is 2.49. The second kappa shape index (κ2) is 3.66. The minimum absolute atomic E-state index is 0.181. The Morgan fingerprint density at radius 1 is 1.15 bits per heavy atom. The van der Waals surface area contributed by atoms with Gasteiger partial charge >= 0.3 is 0 Å². The summed E-state index contributed by atoms with van der Waals surface area (Å²) in [5, 5.41) is 21.1. The number of ketones is 1. The molecule has 1 aromatic heterocycles. The second-order valence-corrected chi connectivity index (χ2v) is 6.03. The maximum atomic E-state index is 12.7. The molecule has 4 heteroatoms. The van der Waals surface area contributed by atoms with Gasteiger partial charge in [-0.05, 0) is 39.3 Å². The lowest BCUT2D eigenvalue weighted by molar-refractivity contribution is 0.0815. The zero-order valence-electron chi connectivity index (χ0n) is 12.0. The number of nitrogens with one attached hydrogen (secondary N) is 1. The molecule has 1 aliphatic rings. The number of rotatable bonds is 0. The van der Waals surface area contributed by atoms with Crippen molar-refractivity contribution in [1.82, 2.24) is 4.98 Å². The number of hydrogen-bond donors (Lipinski definition) is 3. The summed E-state index contributed by atoms with van der Waals surface area (Å²) >= 11 is 0. The first-order valence-corrected chi connectivity index (χ1v) is 6.56. The van der Waals surface area contributed by atoms with Crippen LogP contribution in [0.1, 0.15) is 41.0 Å². The summed E-state index contributed by atoms with van der Waals surface area (Å²) in [6, 6.07) is 3.95. The lowest BCUT2D eigenvalue weighted by Crippen LogP contribution is -2.31. The van der Waals surface area contributed by atoms with E-state index in [2.05, 4.69) is 4.98 Å². The van der Waals surface area contributed by atoms with Gasteiger partial charge in [0.25, 0.3) is 0 Å². The Kier molecular flexibility index (Phi) is 2.34. The van der Waals surface area contributed by atoms with E-state index >= 15 is 0 Å². The topological polar surface area (TPSA) is 73.3 Å². The number of aromatic amines is 1. The van der Waals surface area contributed by atoms with Crippen molar-refractivity contribution in [3.8, 4) is 0 Å². The van der Waals surface area contributed by atoms with Crippen LogP contribution in [0.4, 0.5) is 0 Å². The normalized spacial score (nSPS) is 17.7. The summed E-state index contributed by atoms with van der Waals surface area (Å²) < 4.78 is 0. The molecule has 0 radical (unpaired) electrons. The van der Waals surface area contributed by atoms with Crippen LogP contribution in [0.3, 0.4) is 0 Å². The molecule has 0 fully saturated rings. The second-order valence-electron chi connectivity index (χ2n) is 6.03. The van der Waals surface area contributed by atoms with Gasteiger partial charge in [0.05, 0.1) is 16.7 Å². The van der Waals surface area contributed by atoms with Crippen LogP contribution in [0.2, 0.25) is 0 Å². The number of fused-ring (bicyclic) bond motifs is 3. The maximum Gasteiger partial charge on any atom is 0.179 e. The number of aliphatic hydroxyl groups is 2. The third-order valence-electron chi connectivity index (χ3n) is 4.10. The molecule has 104 valence electrons. The Morgan fingerprint density at radius 2 is 1.80 bits per heavy atom. The molecule has 0 amide bonds. The van der Waals surface area contributed by atoms with Crippen molar-refractivity contribution in [3.05, 3.63) is 40.3 Å². The van der Waals surface area contributed by atoms with Gasteiger partial charge in [-0.3, -0.25) is 4.79 Å². The summed E-state index contributed by atoms with van der Waals surface area (Å²) in [5.74, 6) is -0.701. The fraction of sp³-hybridized carbons (Fsp3) is 0.312.